The van der Waals surface area contributed by atoms with Gasteiger partial charge in [0.15, 0.2) is 0 Å². The molecule has 0 saturated heterocycles. The first-order valence-corrected chi connectivity index (χ1v) is 9.23. The van der Waals surface area contributed by atoms with Crippen LogP contribution in [-0.4, -0.2) is 45.0 Å². The first-order valence-electron chi connectivity index (χ1n) is 7.28. The average molecular weight is 411 g/mol. The van der Waals surface area contributed by atoms with Gasteiger partial charge in [0.05, 0.1) is 17.7 Å². The van der Waals surface area contributed by atoms with Crippen molar-refractivity contribution in [2.24, 2.45) is 7.05 Å². The predicted octanol–water partition coefficient (Wildman–Crippen LogP) is 2.51. The van der Waals surface area contributed by atoms with E-state index in [1.165, 1.54) is 11.8 Å². The summed E-state index contributed by atoms with van der Waals surface area (Å²) < 4.78 is 2.61. The molecule has 128 valence electrons. The quantitative estimate of drug-likeness (QED) is 0.761. The van der Waals surface area contributed by atoms with Crippen molar-refractivity contribution in [1.82, 2.24) is 14.7 Å². The van der Waals surface area contributed by atoms with E-state index in [0.717, 1.165) is 15.7 Å². The summed E-state index contributed by atoms with van der Waals surface area (Å²) in [7, 11) is 3.59. The van der Waals surface area contributed by atoms with Gasteiger partial charge < -0.3 is 10.2 Å². The Morgan fingerprint density at radius 3 is 2.83 bits per heavy atom. The zero-order valence-corrected chi connectivity index (χ0v) is 15.9. The number of nitrogens with zero attached hydrogens (tertiary/aromatic N) is 3. The van der Waals surface area contributed by atoms with E-state index in [1.807, 2.05) is 37.5 Å². The Morgan fingerprint density at radius 1 is 1.38 bits per heavy atom. The molecule has 2 rings (SSSR count). The van der Waals surface area contributed by atoms with Crippen LogP contribution in [0.3, 0.4) is 0 Å². The second-order valence-electron chi connectivity index (χ2n) is 5.32. The van der Waals surface area contributed by atoms with Crippen LogP contribution >= 0.6 is 27.7 Å². The summed E-state index contributed by atoms with van der Waals surface area (Å²) in [6, 6.07) is 7.39. The molecule has 1 aromatic heterocycles. The van der Waals surface area contributed by atoms with Crippen molar-refractivity contribution in [3.05, 3.63) is 46.7 Å². The highest BCUT2D eigenvalue weighted by Gasteiger charge is 2.11. The molecule has 0 aliphatic heterocycles. The van der Waals surface area contributed by atoms with Crippen molar-refractivity contribution in [2.75, 3.05) is 23.9 Å². The van der Waals surface area contributed by atoms with Crippen molar-refractivity contribution in [3.63, 3.8) is 0 Å². The molecule has 0 unspecified atom stereocenters. The molecule has 0 fully saturated rings. The molecule has 1 heterocycles. The Morgan fingerprint density at radius 2 is 2.17 bits per heavy atom. The van der Waals surface area contributed by atoms with Gasteiger partial charge in [-0.1, -0.05) is 22.0 Å². The normalized spacial score (nSPS) is 10.5. The van der Waals surface area contributed by atoms with E-state index < -0.39 is 0 Å². The van der Waals surface area contributed by atoms with Gasteiger partial charge in [0.1, 0.15) is 0 Å². The first kappa shape index (κ1) is 18.5. The van der Waals surface area contributed by atoms with Crippen LogP contribution in [0.4, 0.5) is 5.69 Å². The minimum atomic E-state index is -0.124. The van der Waals surface area contributed by atoms with Crippen LogP contribution in [0.1, 0.15) is 5.56 Å². The summed E-state index contributed by atoms with van der Waals surface area (Å²) >= 11 is 4.66. The fraction of sp³-hybridized carbons (Fsp3) is 0.312. The minimum absolute atomic E-state index is 0.0147. The Kier molecular flexibility index (Phi) is 6.86. The number of aryl methyl sites for hydroxylation is 1. The van der Waals surface area contributed by atoms with Crippen molar-refractivity contribution in [2.45, 2.75) is 6.54 Å². The van der Waals surface area contributed by atoms with E-state index >= 15 is 0 Å². The number of amides is 2. The molecule has 0 bridgehead atoms. The lowest BCUT2D eigenvalue weighted by molar-refractivity contribution is -0.127. The Bertz CT molecular complexity index is 720. The molecule has 0 radical (unpaired) electrons. The van der Waals surface area contributed by atoms with E-state index in [2.05, 4.69) is 26.3 Å². The molecule has 1 N–H and O–H groups in total. The second kappa shape index (κ2) is 8.89. The number of aromatic nitrogens is 2. The molecule has 8 heteroatoms. The first-order chi connectivity index (χ1) is 11.4. The van der Waals surface area contributed by atoms with Crippen molar-refractivity contribution in [3.8, 4) is 0 Å². The lowest BCUT2D eigenvalue weighted by atomic mass is 10.3. The molecular weight excluding hydrogens is 392 g/mol. The number of benzene rings is 1. The molecule has 0 saturated carbocycles. The van der Waals surface area contributed by atoms with Gasteiger partial charge in [-0.05, 0) is 18.2 Å². The number of thioether (sulfide) groups is 1. The average Bonchev–Trinajstić information content (AvgIpc) is 2.92. The molecular formula is C16H19BrN4O2S. The monoisotopic (exact) mass is 410 g/mol. The van der Waals surface area contributed by atoms with E-state index in [1.54, 1.807) is 22.8 Å². The number of hydrogen-bond donors (Lipinski definition) is 1. The highest BCUT2D eigenvalue weighted by atomic mass is 79.9. The van der Waals surface area contributed by atoms with E-state index in [-0.39, 0.29) is 23.3 Å². The van der Waals surface area contributed by atoms with E-state index in [9.17, 15) is 9.59 Å². The lowest BCUT2D eigenvalue weighted by Crippen LogP contribution is -2.28. The maximum Gasteiger partial charge on any atom is 0.234 e. The second-order valence-corrected chi connectivity index (χ2v) is 7.22. The highest BCUT2D eigenvalue weighted by molar-refractivity contribution is 9.10. The van der Waals surface area contributed by atoms with Crippen molar-refractivity contribution < 1.29 is 9.59 Å². The Labute approximate surface area is 153 Å². The molecule has 0 aliphatic rings. The minimum Gasteiger partial charge on any atom is -0.341 e. The van der Waals surface area contributed by atoms with Crippen LogP contribution < -0.4 is 5.32 Å². The number of hydrogen-bond acceptors (Lipinski definition) is 4. The number of carbonyl (C=O) groups excluding carboxylic acids is 2. The zero-order chi connectivity index (χ0) is 17.5. The molecule has 2 aromatic rings. The number of nitrogens with one attached hydrogen (secondary N) is 1. The topological polar surface area (TPSA) is 67.2 Å². The zero-order valence-electron chi connectivity index (χ0n) is 13.5. The van der Waals surface area contributed by atoms with Gasteiger partial charge in [-0.2, -0.15) is 5.10 Å². The fourth-order valence-corrected chi connectivity index (χ4v) is 3.17. The van der Waals surface area contributed by atoms with Crippen LogP contribution in [0.2, 0.25) is 0 Å². The smallest absolute Gasteiger partial charge is 0.234 e. The van der Waals surface area contributed by atoms with Crippen LogP contribution in [0.15, 0.2) is 41.1 Å². The standard InChI is InChI=1S/C16H19BrN4O2S/c1-20(8-12-7-18-21(2)9-12)16(23)11-24-10-15(22)19-14-5-3-4-13(17)6-14/h3-7,9H,8,10-11H2,1-2H3,(H,19,22). The maximum absolute atomic E-state index is 12.1. The van der Waals surface area contributed by atoms with Gasteiger partial charge in [-0.25, -0.2) is 0 Å². The van der Waals surface area contributed by atoms with E-state index in [0.29, 0.717) is 6.54 Å². The van der Waals surface area contributed by atoms with Crippen molar-refractivity contribution >= 4 is 45.2 Å². The maximum atomic E-state index is 12.1. The molecule has 1 aromatic carbocycles. The van der Waals surface area contributed by atoms with Gasteiger partial charge in [-0.3, -0.25) is 14.3 Å². The molecule has 24 heavy (non-hydrogen) atoms. The van der Waals surface area contributed by atoms with Crippen LogP contribution in [0.5, 0.6) is 0 Å². The van der Waals surface area contributed by atoms with Gasteiger partial charge >= 0.3 is 0 Å². The summed E-state index contributed by atoms with van der Waals surface area (Å²) in [5.41, 5.74) is 1.71. The predicted molar refractivity (Wildman–Crippen MR) is 99.8 cm³/mol. The van der Waals surface area contributed by atoms with Gasteiger partial charge in [0.25, 0.3) is 0 Å². The molecule has 0 aliphatic carbocycles. The Balaban J connectivity index is 1.70. The SMILES string of the molecule is CN(Cc1cnn(C)c1)C(=O)CSCC(=O)Nc1cccc(Br)c1. The fourth-order valence-electron chi connectivity index (χ4n) is 2.02. The molecule has 2 amide bonds. The van der Waals surface area contributed by atoms with Crippen LogP contribution in [0.25, 0.3) is 0 Å². The summed E-state index contributed by atoms with van der Waals surface area (Å²) in [5, 5.41) is 6.88. The Hall–Kier alpha value is -1.80. The highest BCUT2D eigenvalue weighted by Crippen LogP contribution is 2.16. The van der Waals surface area contributed by atoms with Crippen molar-refractivity contribution in [1.29, 1.82) is 0 Å². The lowest BCUT2D eigenvalue weighted by Gasteiger charge is -2.15. The number of carbonyl (C=O) groups is 2. The number of anilines is 1. The molecule has 0 spiro atoms. The summed E-state index contributed by atoms with van der Waals surface area (Å²) in [4.78, 5) is 25.6. The van der Waals surface area contributed by atoms with Gasteiger partial charge in [0, 0.05) is 42.6 Å². The van der Waals surface area contributed by atoms with Crippen LogP contribution in [-0.2, 0) is 23.2 Å². The van der Waals surface area contributed by atoms with Gasteiger partial charge in [-0.15, -0.1) is 11.8 Å². The number of halogens is 1. The molecule has 6 nitrogen and oxygen atoms in total. The van der Waals surface area contributed by atoms with E-state index in [4.69, 9.17) is 0 Å². The third-order valence-electron chi connectivity index (χ3n) is 3.17. The summed E-state index contributed by atoms with van der Waals surface area (Å²) in [6.45, 7) is 0.511. The third kappa shape index (κ3) is 6.01. The summed E-state index contributed by atoms with van der Waals surface area (Å²) in [5.74, 6) is 0.363. The number of rotatable bonds is 7. The summed E-state index contributed by atoms with van der Waals surface area (Å²) in [6.07, 6.45) is 3.62. The van der Waals surface area contributed by atoms with Gasteiger partial charge in [0.2, 0.25) is 11.8 Å². The molecule has 0 atom stereocenters. The largest absolute Gasteiger partial charge is 0.341 e. The third-order valence-corrected chi connectivity index (χ3v) is 4.58. The van der Waals surface area contributed by atoms with Crippen LogP contribution in [0, 0.1) is 0 Å².